The Morgan fingerprint density at radius 1 is 1.35 bits per heavy atom. The Bertz CT molecular complexity index is 589. The highest BCUT2D eigenvalue weighted by atomic mass is 79.9. The van der Waals surface area contributed by atoms with Crippen molar-refractivity contribution >= 4 is 31.6 Å². The Morgan fingerprint density at radius 2 is 2.05 bits per heavy atom. The molecule has 1 aromatic rings. The Kier molecular flexibility index (Phi) is 4.76. The van der Waals surface area contributed by atoms with Crippen molar-refractivity contribution in [3.05, 3.63) is 22.7 Å². The van der Waals surface area contributed by atoms with E-state index in [9.17, 15) is 8.42 Å². The van der Waals surface area contributed by atoms with Crippen LogP contribution in [0.2, 0.25) is 0 Å². The third kappa shape index (κ3) is 3.18. The van der Waals surface area contributed by atoms with Crippen molar-refractivity contribution in [3.63, 3.8) is 0 Å². The molecule has 0 aromatic heterocycles. The molecule has 2 atom stereocenters. The topological polar surface area (TPSA) is 63.4 Å². The molecule has 4 nitrogen and oxygen atoms in total. The summed E-state index contributed by atoms with van der Waals surface area (Å²) in [6.45, 7) is 2.18. The molecule has 1 aliphatic rings. The maximum atomic E-state index is 12.7. The van der Waals surface area contributed by atoms with Crippen molar-refractivity contribution in [1.82, 2.24) is 4.31 Å². The van der Waals surface area contributed by atoms with E-state index in [1.807, 2.05) is 0 Å². The molecule has 2 N–H and O–H groups in total. The second-order valence-corrected chi connectivity index (χ2v) is 8.51. The van der Waals surface area contributed by atoms with Gasteiger partial charge in [-0.15, -0.1) is 0 Å². The molecule has 1 aliphatic carbocycles. The van der Waals surface area contributed by atoms with E-state index in [0.717, 1.165) is 23.7 Å². The first kappa shape index (κ1) is 15.8. The van der Waals surface area contributed by atoms with Gasteiger partial charge in [-0.2, -0.15) is 4.31 Å². The molecule has 0 saturated heterocycles. The lowest BCUT2D eigenvalue weighted by atomic mass is 9.87. The highest BCUT2D eigenvalue weighted by Gasteiger charge is 2.32. The monoisotopic (exact) mass is 360 g/mol. The number of hydrogen-bond acceptors (Lipinski definition) is 3. The molecule has 1 saturated carbocycles. The van der Waals surface area contributed by atoms with Gasteiger partial charge in [0.1, 0.15) is 4.90 Å². The predicted molar refractivity (Wildman–Crippen MR) is 84.9 cm³/mol. The average molecular weight is 361 g/mol. The van der Waals surface area contributed by atoms with Crippen LogP contribution in [0.4, 0.5) is 5.69 Å². The van der Waals surface area contributed by atoms with Gasteiger partial charge in [0.2, 0.25) is 10.0 Å². The molecule has 6 heteroatoms. The molecule has 0 heterocycles. The first-order valence-electron chi connectivity index (χ1n) is 6.85. The summed E-state index contributed by atoms with van der Waals surface area (Å²) >= 11 is 3.30. The number of anilines is 1. The fourth-order valence-corrected chi connectivity index (χ4v) is 4.71. The highest BCUT2D eigenvalue weighted by molar-refractivity contribution is 9.10. The van der Waals surface area contributed by atoms with Crippen LogP contribution in [-0.2, 0) is 10.0 Å². The average Bonchev–Trinajstić information content (AvgIpc) is 2.37. The van der Waals surface area contributed by atoms with Gasteiger partial charge in [0.15, 0.2) is 0 Å². The molecule has 112 valence electrons. The van der Waals surface area contributed by atoms with E-state index in [2.05, 4.69) is 22.9 Å². The Morgan fingerprint density at radius 3 is 2.65 bits per heavy atom. The Hall–Kier alpha value is -0.590. The Balaban J connectivity index is 2.29. The maximum absolute atomic E-state index is 12.7. The third-order valence-electron chi connectivity index (χ3n) is 4.05. The first-order chi connectivity index (χ1) is 9.32. The minimum atomic E-state index is -3.52. The summed E-state index contributed by atoms with van der Waals surface area (Å²) in [4.78, 5) is 0.196. The number of nitrogens with zero attached hydrogens (tertiary/aromatic N) is 1. The zero-order valence-electron chi connectivity index (χ0n) is 11.8. The van der Waals surface area contributed by atoms with Gasteiger partial charge in [0.25, 0.3) is 0 Å². The standard InChI is InChI=1S/C14H21BrN2O2S/c1-10-4-3-5-12(8-10)17(2)20(18,19)14-7-6-11(15)9-13(14)16/h6-7,9-10,12H,3-5,8,16H2,1-2H3. The van der Waals surface area contributed by atoms with Crippen LogP contribution in [0.3, 0.4) is 0 Å². The lowest BCUT2D eigenvalue weighted by Gasteiger charge is -2.33. The normalized spacial score (nSPS) is 24.0. The van der Waals surface area contributed by atoms with Crippen molar-refractivity contribution in [1.29, 1.82) is 0 Å². The molecule has 0 aliphatic heterocycles. The minimum absolute atomic E-state index is 0.0757. The molecule has 1 aromatic carbocycles. The van der Waals surface area contributed by atoms with Crippen molar-refractivity contribution < 1.29 is 8.42 Å². The summed E-state index contributed by atoms with van der Waals surface area (Å²) in [6, 6.07) is 4.98. The van der Waals surface area contributed by atoms with Crippen LogP contribution >= 0.6 is 15.9 Å². The number of hydrogen-bond donors (Lipinski definition) is 1. The summed E-state index contributed by atoms with van der Waals surface area (Å²) in [7, 11) is -1.86. The molecule has 2 rings (SSSR count). The van der Waals surface area contributed by atoms with E-state index < -0.39 is 10.0 Å². The van der Waals surface area contributed by atoms with E-state index in [1.165, 1.54) is 10.7 Å². The Labute approximate surface area is 129 Å². The van der Waals surface area contributed by atoms with E-state index in [-0.39, 0.29) is 16.6 Å². The summed E-state index contributed by atoms with van der Waals surface area (Å²) in [5.41, 5.74) is 6.15. The van der Waals surface area contributed by atoms with Crippen LogP contribution in [0.5, 0.6) is 0 Å². The van der Waals surface area contributed by atoms with Crippen LogP contribution in [0, 0.1) is 5.92 Å². The molecule has 0 radical (unpaired) electrons. The molecule has 1 fully saturated rings. The van der Waals surface area contributed by atoms with Gasteiger partial charge >= 0.3 is 0 Å². The number of rotatable bonds is 3. The quantitative estimate of drug-likeness (QED) is 0.841. The summed E-state index contributed by atoms with van der Waals surface area (Å²) in [5.74, 6) is 0.577. The molecule has 0 bridgehead atoms. The summed E-state index contributed by atoms with van der Waals surface area (Å²) in [6.07, 6.45) is 4.12. The molecular weight excluding hydrogens is 340 g/mol. The van der Waals surface area contributed by atoms with E-state index in [4.69, 9.17) is 5.73 Å². The van der Waals surface area contributed by atoms with Crippen LogP contribution in [0.15, 0.2) is 27.6 Å². The van der Waals surface area contributed by atoms with Crippen LogP contribution in [0.1, 0.15) is 32.6 Å². The van der Waals surface area contributed by atoms with Gasteiger partial charge in [-0.1, -0.05) is 35.7 Å². The second kappa shape index (κ2) is 6.03. The van der Waals surface area contributed by atoms with E-state index >= 15 is 0 Å². The lowest BCUT2D eigenvalue weighted by molar-refractivity contribution is 0.239. The van der Waals surface area contributed by atoms with Gasteiger partial charge in [-0.25, -0.2) is 8.42 Å². The molecule has 0 amide bonds. The summed E-state index contributed by atoms with van der Waals surface area (Å²) in [5, 5.41) is 0. The van der Waals surface area contributed by atoms with Crippen LogP contribution in [0.25, 0.3) is 0 Å². The van der Waals surface area contributed by atoms with Crippen molar-refractivity contribution in [2.45, 2.75) is 43.5 Å². The SMILES string of the molecule is CC1CCCC(N(C)S(=O)(=O)c2ccc(Br)cc2N)C1. The fraction of sp³-hybridized carbons (Fsp3) is 0.571. The van der Waals surface area contributed by atoms with Gasteiger partial charge in [0.05, 0.1) is 5.69 Å². The van der Waals surface area contributed by atoms with Crippen molar-refractivity contribution in [2.24, 2.45) is 5.92 Å². The van der Waals surface area contributed by atoms with Crippen LogP contribution in [-0.4, -0.2) is 25.8 Å². The summed E-state index contributed by atoms with van der Waals surface area (Å²) < 4.78 is 27.7. The molecule has 20 heavy (non-hydrogen) atoms. The maximum Gasteiger partial charge on any atom is 0.245 e. The zero-order valence-corrected chi connectivity index (χ0v) is 14.2. The van der Waals surface area contributed by atoms with Crippen molar-refractivity contribution in [3.8, 4) is 0 Å². The first-order valence-corrected chi connectivity index (χ1v) is 9.08. The smallest absolute Gasteiger partial charge is 0.245 e. The van der Waals surface area contributed by atoms with Crippen LogP contribution < -0.4 is 5.73 Å². The van der Waals surface area contributed by atoms with Gasteiger partial charge < -0.3 is 5.73 Å². The number of nitrogens with two attached hydrogens (primary N) is 1. The third-order valence-corrected chi connectivity index (χ3v) is 6.53. The van der Waals surface area contributed by atoms with Gasteiger partial charge in [-0.3, -0.25) is 0 Å². The zero-order chi connectivity index (χ0) is 14.9. The predicted octanol–water partition coefficient (Wildman–Crippen LogP) is 3.23. The minimum Gasteiger partial charge on any atom is -0.398 e. The molecule has 0 spiro atoms. The van der Waals surface area contributed by atoms with E-state index in [0.29, 0.717) is 5.92 Å². The van der Waals surface area contributed by atoms with Crippen molar-refractivity contribution in [2.75, 3.05) is 12.8 Å². The second-order valence-electron chi connectivity index (χ2n) is 5.63. The molecular formula is C14H21BrN2O2S. The number of halogens is 1. The van der Waals surface area contributed by atoms with Gasteiger partial charge in [-0.05, 0) is 37.0 Å². The fourth-order valence-electron chi connectivity index (χ4n) is 2.84. The number of sulfonamides is 1. The van der Waals surface area contributed by atoms with Gasteiger partial charge in [0, 0.05) is 17.6 Å². The number of nitrogen functional groups attached to an aromatic ring is 1. The highest BCUT2D eigenvalue weighted by Crippen LogP contribution is 2.32. The van der Waals surface area contributed by atoms with E-state index in [1.54, 1.807) is 25.2 Å². The largest absolute Gasteiger partial charge is 0.398 e. The lowest BCUT2D eigenvalue weighted by Crippen LogP contribution is -2.40. The number of benzene rings is 1. The molecule has 2 unspecified atom stereocenters.